The Morgan fingerprint density at radius 1 is 1.14 bits per heavy atom. The lowest BCUT2D eigenvalue weighted by molar-refractivity contribution is 0.0724. The van der Waals surface area contributed by atoms with E-state index in [0.29, 0.717) is 12.5 Å². The summed E-state index contributed by atoms with van der Waals surface area (Å²) >= 11 is 1.81. The Bertz CT molecular complexity index is 780. The van der Waals surface area contributed by atoms with Crippen molar-refractivity contribution < 1.29 is 4.79 Å². The monoisotopic (exact) mass is 412 g/mol. The smallest absolute Gasteiger partial charge is 0.253 e. The molecule has 1 amide bonds. The van der Waals surface area contributed by atoms with Crippen molar-refractivity contribution in [2.75, 3.05) is 26.7 Å². The number of hydrogen-bond donors (Lipinski definition) is 2. The van der Waals surface area contributed by atoms with Gasteiger partial charge in [-0.1, -0.05) is 25.1 Å². The van der Waals surface area contributed by atoms with E-state index >= 15 is 0 Å². The zero-order valence-electron chi connectivity index (χ0n) is 17.5. The number of amides is 1. The van der Waals surface area contributed by atoms with Gasteiger partial charge in [0.15, 0.2) is 5.96 Å². The van der Waals surface area contributed by atoms with Crippen molar-refractivity contribution >= 4 is 23.2 Å². The third-order valence-electron chi connectivity index (χ3n) is 5.28. The molecule has 156 valence electrons. The molecule has 2 N–H and O–H groups in total. The summed E-state index contributed by atoms with van der Waals surface area (Å²) < 4.78 is 0. The molecule has 0 spiro atoms. The summed E-state index contributed by atoms with van der Waals surface area (Å²) in [5.74, 6) is 1.49. The fourth-order valence-electron chi connectivity index (χ4n) is 3.57. The molecule has 29 heavy (non-hydrogen) atoms. The number of aliphatic imine (C=N–C) groups is 1. The van der Waals surface area contributed by atoms with E-state index in [1.165, 1.54) is 11.3 Å². The summed E-state index contributed by atoms with van der Waals surface area (Å²) in [5, 5.41) is 8.89. The van der Waals surface area contributed by atoms with Crippen molar-refractivity contribution in [1.29, 1.82) is 0 Å². The van der Waals surface area contributed by atoms with Crippen LogP contribution >= 0.6 is 11.3 Å². The van der Waals surface area contributed by atoms with Gasteiger partial charge in [0.05, 0.1) is 0 Å². The number of carbonyl (C=O) groups excluding carboxylic acids is 1. The number of rotatable bonds is 7. The molecule has 0 aliphatic carbocycles. The number of likely N-dealkylation sites (tertiary alicyclic amines) is 1. The van der Waals surface area contributed by atoms with Gasteiger partial charge >= 0.3 is 0 Å². The van der Waals surface area contributed by atoms with E-state index < -0.39 is 0 Å². The summed E-state index contributed by atoms with van der Waals surface area (Å²) in [5.41, 5.74) is 1.91. The highest BCUT2D eigenvalue weighted by atomic mass is 32.1. The van der Waals surface area contributed by atoms with Crippen LogP contribution in [0.2, 0.25) is 0 Å². The highest BCUT2D eigenvalue weighted by molar-refractivity contribution is 7.09. The summed E-state index contributed by atoms with van der Waals surface area (Å²) in [7, 11) is 1.79. The molecule has 0 radical (unpaired) electrons. The molecule has 0 bridgehead atoms. The number of piperidine rings is 1. The Balaban J connectivity index is 1.43. The Hall–Kier alpha value is -2.34. The van der Waals surface area contributed by atoms with E-state index in [1.54, 1.807) is 7.05 Å². The zero-order chi connectivity index (χ0) is 20.5. The molecule has 1 aliphatic rings. The van der Waals surface area contributed by atoms with Crippen LogP contribution in [0.5, 0.6) is 0 Å². The molecule has 1 fully saturated rings. The molecule has 2 aromatic rings. The Labute approximate surface area is 178 Å². The van der Waals surface area contributed by atoms with Crippen LogP contribution < -0.4 is 10.6 Å². The number of hydrogen-bond acceptors (Lipinski definition) is 3. The zero-order valence-corrected chi connectivity index (χ0v) is 18.3. The fraction of sp³-hybridized carbons (Fsp3) is 0.478. The molecular weight excluding hydrogens is 380 g/mol. The SMILES string of the molecule is CN=C(NCc1ccc(C(=O)N2CCCCC2)cc1)NCC(C)Cc1cccs1. The van der Waals surface area contributed by atoms with Crippen LogP contribution in [0.1, 0.15) is 47.0 Å². The lowest BCUT2D eigenvalue weighted by Gasteiger charge is -2.26. The predicted octanol–water partition coefficient (Wildman–Crippen LogP) is 3.92. The molecule has 3 rings (SSSR count). The van der Waals surface area contributed by atoms with Gasteiger partial charge in [0, 0.05) is 43.7 Å². The second-order valence-corrected chi connectivity index (χ2v) is 8.78. The molecule has 1 unspecified atom stereocenters. The van der Waals surface area contributed by atoms with E-state index in [9.17, 15) is 4.79 Å². The molecule has 1 aromatic heterocycles. The van der Waals surface area contributed by atoms with Crippen molar-refractivity contribution in [3.63, 3.8) is 0 Å². The van der Waals surface area contributed by atoms with E-state index in [-0.39, 0.29) is 5.91 Å². The summed E-state index contributed by atoms with van der Waals surface area (Å²) in [4.78, 5) is 20.3. The summed E-state index contributed by atoms with van der Waals surface area (Å²) in [6.45, 7) is 5.57. The van der Waals surface area contributed by atoms with Gasteiger partial charge in [-0.25, -0.2) is 0 Å². The molecule has 1 aliphatic heterocycles. The highest BCUT2D eigenvalue weighted by Gasteiger charge is 2.17. The molecule has 5 nitrogen and oxygen atoms in total. The molecule has 1 saturated heterocycles. The van der Waals surface area contributed by atoms with Gasteiger partial charge in [-0.2, -0.15) is 0 Å². The maximum absolute atomic E-state index is 12.6. The van der Waals surface area contributed by atoms with Crippen molar-refractivity contribution in [2.24, 2.45) is 10.9 Å². The summed E-state index contributed by atoms with van der Waals surface area (Å²) in [6.07, 6.45) is 4.54. The van der Waals surface area contributed by atoms with Crippen LogP contribution in [0.3, 0.4) is 0 Å². The van der Waals surface area contributed by atoms with Crippen molar-refractivity contribution in [2.45, 2.75) is 39.2 Å². The van der Waals surface area contributed by atoms with Gasteiger partial charge in [0.1, 0.15) is 0 Å². The van der Waals surface area contributed by atoms with E-state index in [2.05, 4.69) is 40.1 Å². The first-order chi connectivity index (χ1) is 14.2. The quantitative estimate of drug-likeness (QED) is 0.535. The van der Waals surface area contributed by atoms with Gasteiger partial charge in [-0.05, 0) is 60.7 Å². The topological polar surface area (TPSA) is 56.7 Å². The van der Waals surface area contributed by atoms with Crippen LogP contribution in [0.15, 0.2) is 46.8 Å². The standard InChI is InChI=1S/C23H32N4OS/c1-18(15-21-7-6-14-29-21)16-25-23(24-2)26-17-19-8-10-20(11-9-19)22(28)27-12-4-3-5-13-27/h6-11,14,18H,3-5,12-13,15-17H2,1-2H3,(H2,24,25,26). The molecule has 1 aromatic carbocycles. The van der Waals surface area contributed by atoms with Crippen molar-refractivity contribution in [3.05, 3.63) is 57.8 Å². The maximum Gasteiger partial charge on any atom is 0.253 e. The second-order valence-electron chi connectivity index (χ2n) is 7.75. The van der Waals surface area contributed by atoms with Gasteiger partial charge in [0.2, 0.25) is 0 Å². The van der Waals surface area contributed by atoms with Crippen LogP contribution in [0.25, 0.3) is 0 Å². The third-order valence-corrected chi connectivity index (χ3v) is 6.17. The molecule has 0 saturated carbocycles. The van der Waals surface area contributed by atoms with Gasteiger partial charge in [0.25, 0.3) is 5.91 Å². The second kappa shape index (κ2) is 11.0. The lowest BCUT2D eigenvalue weighted by atomic mass is 10.1. The Morgan fingerprint density at radius 3 is 2.55 bits per heavy atom. The summed E-state index contributed by atoms with van der Waals surface area (Å²) in [6, 6.07) is 12.2. The van der Waals surface area contributed by atoms with Gasteiger partial charge in [-0.3, -0.25) is 9.79 Å². The third kappa shape index (κ3) is 6.60. The number of nitrogens with zero attached hydrogens (tertiary/aromatic N) is 2. The number of benzene rings is 1. The minimum atomic E-state index is 0.154. The average Bonchev–Trinajstić information content (AvgIpc) is 3.27. The molecular formula is C23H32N4OS. The minimum absolute atomic E-state index is 0.154. The van der Waals surface area contributed by atoms with E-state index in [4.69, 9.17) is 0 Å². The van der Waals surface area contributed by atoms with E-state index in [0.717, 1.165) is 56.0 Å². The number of thiophene rings is 1. The van der Waals surface area contributed by atoms with Crippen LogP contribution in [0, 0.1) is 5.92 Å². The molecule has 6 heteroatoms. The van der Waals surface area contributed by atoms with E-state index in [1.807, 2.05) is 40.5 Å². The van der Waals surface area contributed by atoms with Gasteiger partial charge < -0.3 is 15.5 Å². The maximum atomic E-state index is 12.6. The lowest BCUT2D eigenvalue weighted by Crippen LogP contribution is -2.39. The first-order valence-corrected chi connectivity index (χ1v) is 11.4. The number of carbonyl (C=O) groups is 1. The Kier molecular flexibility index (Phi) is 8.11. The Morgan fingerprint density at radius 2 is 1.90 bits per heavy atom. The van der Waals surface area contributed by atoms with Crippen molar-refractivity contribution in [1.82, 2.24) is 15.5 Å². The number of nitrogens with one attached hydrogen (secondary N) is 2. The van der Waals surface area contributed by atoms with Crippen LogP contribution in [-0.4, -0.2) is 43.4 Å². The largest absolute Gasteiger partial charge is 0.356 e. The van der Waals surface area contributed by atoms with Crippen molar-refractivity contribution in [3.8, 4) is 0 Å². The average molecular weight is 413 g/mol. The van der Waals surface area contributed by atoms with Crippen LogP contribution in [0.4, 0.5) is 0 Å². The fourth-order valence-corrected chi connectivity index (χ4v) is 4.44. The molecule has 2 heterocycles. The normalized spacial score (nSPS) is 15.8. The minimum Gasteiger partial charge on any atom is -0.356 e. The molecule has 1 atom stereocenters. The number of guanidine groups is 1. The first-order valence-electron chi connectivity index (χ1n) is 10.5. The predicted molar refractivity (Wildman–Crippen MR) is 122 cm³/mol. The highest BCUT2D eigenvalue weighted by Crippen LogP contribution is 2.15. The van der Waals surface area contributed by atoms with Crippen LogP contribution in [-0.2, 0) is 13.0 Å². The first kappa shape index (κ1) is 21.4. The van der Waals surface area contributed by atoms with Gasteiger partial charge in [-0.15, -0.1) is 11.3 Å².